The zero-order valence-corrected chi connectivity index (χ0v) is 8.71. The van der Waals surface area contributed by atoms with E-state index in [-0.39, 0.29) is 19.6 Å². The molecule has 1 fully saturated rings. The van der Waals surface area contributed by atoms with Crippen LogP contribution >= 0.6 is 0 Å². The van der Waals surface area contributed by atoms with Crippen LogP contribution in [-0.4, -0.2) is 42.2 Å². The summed E-state index contributed by atoms with van der Waals surface area (Å²) in [5.74, 6) is -1.48. The van der Waals surface area contributed by atoms with Crippen molar-refractivity contribution >= 4 is 5.97 Å². The van der Waals surface area contributed by atoms with Gasteiger partial charge in [0.1, 0.15) is 0 Å². The molecule has 0 radical (unpaired) electrons. The highest BCUT2D eigenvalue weighted by molar-refractivity contribution is 5.81. The van der Waals surface area contributed by atoms with E-state index in [2.05, 4.69) is 9.47 Å². The van der Waals surface area contributed by atoms with Gasteiger partial charge in [-0.25, -0.2) is 4.79 Å². The largest absolute Gasteiger partial charge is 0.464 e. The summed E-state index contributed by atoms with van der Waals surface area (Å²) < 4.78 is 47.3. The van der Waals surface area contributed by atoms with Crippen LogP contribution in [0.5, 0.6) is 0 Å². The third-order valence-electron chi connectivity index (χ3n) is 2.39. The van der Waals surface area contributed by atoms with Crippen LogP contribution in [-0.2, 0) is 14.3 Å². The van der Waals surface area contributed by atoms with E-state index in [4.69, 9.17) is 0 Å². The highest BCUT2D eigenvalue weighted by Gasteiger charge is 2.64. The number of rotatable bonds is 2. The molecule has 94 valence electrons. The molecule has 0 aromatic rings. The fourth-order valence-corrected chi connectivity index (χ4v) is 1.57. The van der Waals surface area contributed by atoms with Crippen molar-refractivity contribution in [3.05, 3.63) is 0 Å². The minimum Gasteiger partial charge on any atom is -0.464 e. The lowest BCUT2D eigenvalue weighted by atomic mass is 9.91. The number of alkyl halides is 3. The van der Waals surface area contributed by atoms with E-state index in [1.165, 1.54) is 6.92 Å². The minimum absolute atomic E-state index is 0.0806. The van der Waals surface area contributed by atoms with Gasteiger partial charge in [-0.2, -0.15) is 13.2 Å². The van der Waals surface area contributed by atoms with Crippen molar-refractivity contribution in [1.82, 2.24) is 0 Å². The average molecular weight is 242 g/mol. The maximum atomic E-state index is 12.8. The van der Waals surface area contributed by atoms with Gasteiger partial charge in [0.25, 0.3) is 5.60 Å². The van der Waals surface area contributed by atoms with E-state index in [9.17, 15) is 23.1 Å². The SMILES string of the molecule is CCOC(=O)[C@]1(C(F)(F)F)CC(O)CCO1. The summed E-state index contributed by atoms with van der Waals surface area (Å²) in [6.07, 6.45) is -6.83. The number of esters is 1. The molecule has 0 saturated carbocycles. The lowest BCUT2D eigenvalue weighted by molar-refractivity contribution is -0.295. The first-order valence-corrected chi connectivity index (χ1v) is 4.89. The van der Waals surface area contributed by atoms with Crippen molar-refractivity contribution in [2.75, 3.05) is 13.2 Å². The van der Waals surface area contributed by atoms with Gasteiger partial charge >= 0.3 is 12.1 Å². The number of ether oxygens (including phenoxy) is 2. The lowest BCUT2D eigenvalue weighted by Gasteiger charge is -2.38. The highest BCUT2D eigenvalue weighted by atomic mass is 19.4. The van der Waals surface area contributed by atoms with E-state index >= 15 is 0 Å². The van der Waals surface area contributed by atoms with Gasteiger partial charge in [-0.05, 0) is 13.3 Å². The molecule has 1 N–H and O–H groups in total. The molecule has 1 rings (SSSR count). The number of hydrogen-bond acceptors (Lipinski definition) is 4. The standard InChI is InChI=1S/C9H13F3O4/c1-2-15-7(14)8(9(10,11)12)5-6(13)3-4-16-8/h6,13H,2-5H2,1H3/t6?,8-/m0/s1. The van der Waals surface area contributed by atoms with Crippen LogP contribution in [0.25, 0.3) is 0 Å². The number of aliphatic hydroxyl groups is 1. The quantitative estimate of drug-likeness (QED) is 0.734. The van der Waals surface area contributed by atoms with Crippen LogP contribution in [0.3, 0.4) is 0 Å². The van der Waals surface area contributed by atoms with Crippen molar-refractivity contribution in [2.45, 2.75) is 37.6 Å². The first-order chi connectivity index (χ1) is 7.33. The second-order valence-corrected chi connectivity index (χ2v) is 3.54. The fourth-order valence-electron chi connectivity index (χ4n) is 1.57. The van der Waals surface area contributed by atoms with Crippen molar-refractivity contribution in [2.24, 2.45) is 0 Å². The molecule has 0 aliphatic carbocycles. The molecule has 0 bridgehead atoms. The molecular weight excluding hydrogens is 229 g/mol. The Hall–Kier alpha value is -0.820. The van der Waals surface area contributed by atoms with Crippen molar-refractivity contribution < 1.29 is 32.5 Å². The first-order valence-electron chi connectivity index (χ1n) is 4.89. The van der Waals surface area contributed by atoms with Crippen LogP contribution < -0.4 is 0 Å². The van der Waals surface area contributed by atoms with Gasteiger partial charge < -0.3 is 14.6 Å². The summed E-state index contributed by atoms with van der Waals surface area (Å²) in [5.41, 5.74) is -3.01. The van der Waals surface area contributed by atoms with Crippen LogP contribution in [0.4, 0.5) is 13.2 Å². The van der Waals surface area contributed by atoms with Crippen molar-refractivity contribution in [3.8, 4) is 0 Å². The molecule has 0 amide bonds. The second kappa shape index (κ2) is 4.58. The van der Waals surface area contributed by atoms with E-state index in [0.717, 1.165) is 0 Å². The van der Waals surface area contributed by atoms with Crippen molar-refractivity contribution in [1.29, 1.82) is 0 Å². The first kappa shape index (κ1) is 13.2. The molecule has 16 heavy (non-hydrogen) atoms. The second-order valence-electron chi connectivity index (χ2n) is 3.54. The van der Waals surface area contributed by atoms with Gasteiger partial charge in [0.05, 0.1) is 19.3 Å². The van der Waals surface area contributed by atoms with Gasteiger partial charge in [0, 0.05) is 6.42 Å². The minimum atomic E-state index is -4.89. The molecule has 2 atom stereocenters. The number of halogens is 3. The molecule has 1 heterocycles. The van der Waals surface area contributed by atoms with Gasteiger partial charge in [-0.1, -0.05) is 0 Å². The van der Waals surface area contributed by atoms with Gasteiger partial charge in [0.2, 0.25) is 0 Å². The normalized spacial score (nSPS) is 31.2. The number of aliphatic hydroxyl groups excluding tert-OH is 1. The van der Waals surface area contributed by atoms with Crippen LogP contribution in [0.15, 0.2) is 0 Å². The van der Waals surface area contributed by atoms with Gasteiger partial charge in [-0.15, -0.1) is 0 Å². The zero-order valence-electron chi connectivity index (χ0n) is 8.71. The molecule has 1 aliphatic rings. The van der Waals surface area contributed by atoms with E-state index in [0.29, 0.717) is 0 Å². The topological polar surface area (TPSA) is 55.8 Å². The summed E-state index contributed by atoms with van der Waals surface area (Å²) in [7, 11) is 0. The Morgan fingerprint density at radius 3 is 2.69 bits per heavy atom. The molecule has 0 aromatic carbocycles. The lowest BCUT2D eigenvalue weighted by Crippen LogP contribution is -2.59. The molecular formula is C9H13F3O4. The smallest absolute Gasteiger partial charge is 0.428 e. The predicted molar refractivity (Wildman–Crippen MR) is 46.6 cm³/mol. The van der Waals surface area contributed by atoms with Crippen LogP contribution in [0, 0.1) is 0 Å². The van der Waals surface area contributed by atoms with E-state index < -0.39 is 30.3 Å². The maximum Gasteiger partial charge on any atom is 0.428 e. The van der Waals surface area contributed by atoms with Crippen LogP contribution in [0.2, 0.25) is 0 Å². The third kappa shape index (κ3) is 2.30. The summed E-state index contributed by atoms with van der Waals surface area (Å²) in [5, 5.41) is 9.24. The Bertz CT molecular complexity index is 266. The average Bonchev–Trinajstić information content (AvgIpc) is 2.16. The Balaban J connectivity index is 2.97. The summed E-state index contributed by atoms with van der Waals surface area (Å²) in [6.45, 7) is 0.914. The molecule has 7 heteroatoms. The van der Waals surface area contributed by atoms with Gasteiger partial charge in [-0.3, -0.25) is 0 Å². The molecule has 0 aromatic heterocycles. The highest BCUT2D eigenvalue weighted by Crippen LogP contribution is 2.41. The third-order valence-corrected chi connectivity index (χ3v) is 2.39. The zero-order chi connectivity index (χ0) is 12.4. The molecule has 1 aliphatic heterocycles. The monoisotopic (exact) mass is 242 g/mol. The summed E-state index contributed by atoms with van der Waals surface area (Å²) in [4.78, 5) is 11.3. The Labute approximate surface area is 90.3 Å². The Morgan fingerprint density at radius 1 is 1.62 bits per heavy atom. The van der Waals surface area contributed by atoms with Crippen molar-refractivity contribution in [3.63, 3.8) is 0 Å². The van der Waals surface area contributed by atoms with E-state index in [1.807, 2.05) is 0 Å². The van der Waals surface area contributed by atoms with Crippen LogP contribution in [0.1, 0.15) is 19.8 Å². The molecule has 4 nitrogen and oxygen atoms in total. The maximum absolute atomic E-state index is 12.8. The summed E-state index contributed by atoms with van der Waals surface area (Å²) >= 11 is 0. The molecule has 1 unspecified atom stereocenters. The van der Waals surface area contributed by atoms with Gasteiger partial charge in [0.15, 0.2) is 0 Å². The number of carbonyl (C=O) groups is 1. The predicted octanol–water partition coefficient (Wildman–Crippen LogP) is 1.02. The number of hydrogen-bond donors (Lipinski definition) is 1. The van der Waals surface area contributed by atoms with E-state index in [1.54, 1.807) is 0 Å². The Morgan fingerprint density at radius 2 is 2.25 bits per heavy atom. The molecule has 1 saturated heterocycles. The fraction of sp³-hybridized carbons (Fsp3) is 0.889. The summed E-state index contributed by atoms with van der Waals surface area (Å²) in [6, 6.07) is 0. The number of carbonyl (C=O) groups excluding carboxylic acids is 1. The molecule has 0 spiro atoms. The Kier molecular flexibility index (Phi) is 3.80.